The van der Waals surface area contributed by atoms with Crippen molar-refractivity contribution in [1.29, 1.82) is 0 Å². The number of hydrogen-bond donors (Lipinski definition) is 1. The van der Waals surface area contributed by atoms with E-state index in [0.29, 0.717) is 11.4 Å². The van der Waals surface area contributed by atoms with Crippen LogP contribution in [0.3, 0.4) is 0 Å². The van der Waals surface area contributed by atoms with Gasteiger partial charge in [-0.15, -0.1) is 11.3 Å². The molecule has 1 aromatic heterocycles. The van der Waals surface area contributed by atoms with Crippen molar-refractivity contribution in [3.63, 3.8) is 0 Å². The minimum absolute atomic E-state index is 0.0308. The van der Waals surface area contributed by atoms with E-state index in [1.165, 1.54) is 11.3 Å². The van der Waals surface area contributed by atoms with Crippen LogP contribution in [-0.4, -0.2) is 25.4 Å². The summed E-state index contributed by atoms with van der Waals surface area (Å²) in [5.74, 6) is -0.164. The molecule has 4 nitrogen and oxygen atoms in total. The Labute approximate surface area is 144 Å². The Morgan fingerprint density at radius 3 is 2.58 bits per heavy atom. The zero-order valence-electron chi connectivity index (χ0n) is 13.4. The maximum atomic E-state index is 12.3. The average molecular weight is 338 g/mol. The van der Waals surface area contributed by atoms with Crippen LogP contribution < -0.4 is 10.2 Å². The molecular weight excluding hydrogens is 320 g/mol. The van der Waals surface area contributed by atoms with Crippen molar-refractivity contribution in [2.75, 3.05) is 18.5 Å². The number of rotatable bonds is 5. The van der Waals surface area contributed by atoms with Crippen LogP contribution in [0.25, 0.3) is 10.8 Å². The molecule has 0 aliphatic rings. The lowest BCUT2D eigenvalue weighted by atomic mass is 10.1. The summed E-state index contributed by atoms with van der Waals surface area (Å²) in [5, 5.41) is 6.87. The van der Waals surface area contributed by atoms with E-state index in [2.05, 4.69) is 5.32 Å². The summed E-state index contributed by atoms with van der Waals surface area (Å²) in [6.45, 7) is 0.327. The monoisotopic (exact) mass is 338 g/mol. The van der Waals surface area contributed by atoms with Gasteiger partial charge in [-0.2, -0.15) is 0 Å². The van der Waals surface area contributed by atoms with Crippen LogP contribution in [-0.2, 0) is 4.79 Å². The zero-order valence-corrected chi connectivity index (χ0v) is 14.2. The van der Waals surface area contributed by atoms with Gasteiger partial charge in [0.2, 0.25) is 5.91 Å². The summed E-state index contributed by atoms with van der Waals surface area (Å²) in [6, 6.07) is 17.6. The number of benzene rings is 2. The molecule has 122 valence electrons. The van der Waals surface area contributed by atoms with Crippen molar-refractivity contribution in [2.45, 2.75) is 6.42 Å². The molecule has 2 aromatic carbocycles. The zero-order chi connectivity index (χ0) is 16.9. The predicted octanol–water partition coefficient (Wildman–Crippen LogP) is 3.68. The normalized spacial score (nSPS) is 10.5. The molecule has 0 unspecified atom stereocenters. The van der Waals surface area contributed by atoms with Crippen LogP contribution in [0.2, 0.25) is 0 Å². The van der Waals surface area contributed by atoms with Crippen molar-refractivity contribution < 1.29 is 9.59 Å². The summed E-state index contributed by atoms with van der Waals surface area (Å²) in [5.41, 5.74) is 0.850. The standard InChI is InChI=1S/C19H18N2O2S/c1-21(16-9-8-14-5-2-3-6-15(14)13-16)18(22)10-11-20-19(23)17-7-4-12-24-17/h2-9,12-13H,10-11H2,1H3,(H,20,23). The lowest BCUT2D eigenvalue weighted by Crippen LogP contribution is -2.31. The van der Waals surface area contributed by atoms with Gasteiger partial charge in [0.1, 0.15) is 0 Å². The summed E-state index contributed by atoms with van der Waals surface area (Å²) < 4.78 is 0. The Balaban J connectivity index is 1.58. The SMILES string of the molecule is CN(C(=O)CCNC(=O)c1cccs1)c1ccc2ccccc2c1. The number of hydrogen-bond acceptors (Lipinski definition) is 3. The van der Waals surface area contributed by atoms with E-state index in [4.69, 9.17) is 0 Å². The van der Waals surface area contributed by atoms with Gasteiger partial charge in [0, 0.05) is 25.7 Å². The molecule has 0 spiro atoms. The molecule has 0 atom stereocenters. The second-order valence-corrected chi connectivity index (χ2v) is 6.42. The van der Waals surface area contributed by atoms with Crippen molar-refractivity contribution in [3.8, 4) is 0 Å². The number of fused-ring (bicyclic) bond motifs is 1. The topological polar surface area (TPSA) is 49.4 Å². The van der Waals surface area contributed by atoms with Gasteiger partial charge < -0.3 is 10.2 Å². The predicted molar refractivity (Wildman–Crippen MR) is 98.6 cm³/mol. The first-order valence-corrected chi connectivity index (χ1v) is 8.60. The Kier molecular flexibility index (Phi) is 4.91. The molecule has 3 aromatic rings. The van der Waals surface area contributed by atoms with E-state index in [0.717, 1.165) is 16.5 Å². The second kappa shape index (κ2) is 7.27. The molecule has 0 bridgehead atoms. The first-order valence-electron chi connectivity index (χ1n) is 7.72. The van der Waals surface area contributed by atoms with Crippen LogP contribution in [0, 0.1) is 0 Å². The fourth-order valence-electron chi connectivity index (χ4n) is 2.47. The lowest BCUT2D eigenvalue weighted by Gasteiger charge is -2.18. The van der Waals surface area contributed by atoms with E-state index in [-0.39, 0.29) is 18.2 Å². The number of carbonyl (C=O) groups is 2. The first-order chi connectivity index (χ1) is 11.6. The van der Waals surface area contributed by atoms with Gasteiger partial charge in [0.25, 0.3) is 5.91 Å². The fourth-order valence-corrected chi connectivity index (χ4v) is 3.11. The van der Waals surface area contributed by atoms with Gasteiger partial charge in [-0.05, 0) is 34.4 Å². The van der Waals surface area contributed by atoms with Crippen LogP contribution in [0.1, 0.15) is 16.1 Å². The first kappa shape index (κ1) is 16.2. The van der Waals surface area contributed by atoms with Gasteiger partial charge in [0.15, 0.2) is 0 Å². The highest BCUT2D eigenvalue weighted by molar-refractivity contribution is 7.12. The molecule has 5 heteroatoms. The largest absolute Gasteiger partial charge is 0.351 e. The van der Waals surface area contributed by atoms with Gasteiger partial charge in [-0.25, -0.2) is 0 Å². The Morgan fingerprint density at radius 2 is 1.83 bits per heavy atom. The quantitative estimate of drug-likeness (QED) is 0.771. The Hall–Kier alpha value is -2.66. The van der Waals surface area contributed by atoms with E-state index in [1.807, 2.05) is 53.9 Å². The summed E-state index contributed by atoms with van der Waals surface area (Å²) in [4.78, 5) is 26.5. The molecule has 0 radical (unpaired) electrons. The highest BCUT2D eigenvalue weighted by Crippen LogP contribution is 2.21. The summed E-state index contributed by atoms with van der Waals surface area (Å²) >= 11 is 1.39. The number of amides is 2. The molecule has 24 heavy (non-hydrogen) atoms. The van der Waals surface area contributed by atoms with Gasteiger partial charge in [-0.1, -0.05) is 36.4 Å². The minimum atomic E-state index is -0.133. The van der Waals surface area contributed by atoms with Crippen molar-refractivity contribution in [2.24, 2.45) is 0 Å². The Bertz CT molecular complexity index is 859. The minimum Gasteiger partial charge on any atom is -0.351 e. The number of nitrogens with one attached hydrogen (secondary N) is 1. The molecule has 0 fully saturated rings. The van der Waals surface area contributed by atoms with Gasteiger partial charge in [0.05, 0.1) is 4.88 Å². The van der Waals surface area contributed by atoms with Gasteiger partial charge >= 0.3 is 0 Å². The number of nitrogens with zero attached hydrogens (tertiary/aromatic N) is 1. The van der Waals surface area contributed by atoms with Crippen LogP contribution in [0.5, 0.6) is 0 Å². The molecule has 1 heterocycles. The van der Waals surface area contributed by atoms with Crippen LogP contribution in [0.15, 0.2) is 60.0 Å². The van der Waals surface area contributed by atoms with Crippen LogP contribution >= 0.6 is 11.3 Å². The molecule has 1 N–H and O–H groups in total. The van der Waals surface area contributed by atoms with Crippen LogP contribution in [0.4, 0.5) is 5.69 Å². The smallest absolute Gasteiger partial charge is 0.261 e. The number of thiophene rings is 1. The molecule has 3 rings (SSSR count). The second-order valence-electron chi connectivity index (χ2n) is 5.47. The maximum absolute atomic E-state index is 12.3. The average Bonchev–Trinajstić information content (AvgIpc) is 3.15. The third-order valence-electron chi connectivity index (χ3n) is 3.86. The van der Waals surface area contributed by atoms with E-state index >= 15 is 0 Å². The van der Waals surface area contributed by atoms with Gasteiger partial charge in [-0.3, -0.25) is 9.59 Å². The summed E-state index contributed by atoms with van der Waals surface area (Å²) in [6.07, 6.45) is 0.264. The molecule has 0 aliphatic carbocycles. The fraction of sp³-hybridized carbons (Fsp3) is 0.158. The van der Waals surface area contributed by atoms with Crippen molar-refractivity contribution in [3.05, 3.63) is 64.9 Å². The molecular formula is C19H18N2O2S. The van der Waals surface area contributed by atoms with Crippen molar-refractivity contribution >= 4 is 39.6 Å². The number of carbonyl (C=O) groups excluding carboxylic acids is 2. The highest BCUT2D eigenvalue weighted by atomic mass is 32.1. The maximum Gasteiger partial charge on any atom is 0.261 e. The highest BCUT2D eigenvalue weighted by Gasteiger charge is 2.12. The molecule has 0 saturated carbocycles. The third-order valence-corrected chi connectivity index (χ3v) is 4.73. The number of anilines is 1. The third kappa shape index (κ3) is 3.63. The lowest BCUT2D eigenvalue weighted by molar-refractivity contribution is -0.118. The molecule has 2 amide bonds. The van der Waals surface area contributed by atoms with E-state index in [9.17, 15) is 9.59 Å². The summed E-state index contributed by atoms with van der Waals surface area (Å²) in [7, 11) is 1.76. The van der Waals surface area contributed by atoms with E-state index in [1.54, 1.807) is 18.0 Å². The van der Waals surface area contributed by atoms with E-state index < -0.39 is 0 Å². The van der Waals surface area contributed by atoms with Crippen molar-refractivity contribution in [1.82, 2.24) is 5.32 Å². The molecule has 0 aliphatic heterocycles. The molecule has 0 saturated heterocycles. The Morgan fingerprint density at radius 1 is 1.04 bits per heavy atom.